The number of ether oxygens (including phenoxy) is 1. The Morgan fingerprint density at radius 2 is 2.04 bits per heavy atom. The van der Waals surface area contributed by atoms with Crippen molar-refractivity contribution in [1.29, 1.82) is 0 Å². The van der Waals surface area contributed by atoms with Gasteiger partial charge in [-0.2, -0.15) is 18.2 Å². The fourth-order valence-electron chi connectivity index (χ4n) is 2.51. The van der Waals surface area contributed by atoms with Crippen molar-refractivity contribution in [2.24, 2.45) is 4.99 Å². The van der Waals surface area contributed by atoms with E-state index in [2.05, 4.69) is 20.9 Å². The van der Waals surface area contributed by atoms with Gasteiger partial charge in [-0.1, -0.05) is 33.3 Å². The fraction of sp³-hybridized carbons (Fsp3) is 0.222. The molecule has 0 radical (unpaired) electrons. The second-order valence-corrected chi connectivity index (χ2v) is 7.56. The first-order valence-corrected chi connectivity index (χ1v) is 9.44. The van der Waals surface area contributed by atoms with E-state index in [1.807, 2.05) is 22.8 Å². The molecule has 9 heteroatoms. The van der Waals surface area contributed by atoms with Gasteiger partial charge in [-0.05, 0) is 36.4 Å². The standard InChI is InChI=1S/C18H14BrF3N2O2S/c1-26-8-7-24-14-6-5-13(19)10-15(14)27-17(24)23-16(25)11-3-2-4-12(9-11)18(20,21)22/h2-6,9-10H,7-8H2,1H3. The van der Waals surface area contributed by atoms with Gasteiger partial charge < -0.3 is 9.30 Å². The number of hydrogen-bond donors (Lipinski definition) is 0. The molecule has 1 aromatic heterocycles. The minimum atomic E-state index is -4.52. The van der Waals surface area contributed by atoms with Crippen molar-refractivity contribution in [3.63, 3.8) is 0 Å². The van der Waals surface area contributed by atoms with Crippen molar-refractivity contribution in [2.75, 3.05) is 13.7 Å². The third-order valence-corrected chi connectivity index (χ3v) is 5.33. The van der Waals surface area contributed by atoms with E-state index in [4.69, 9.17) is 4.74 Å². The highest BCUT2D eigenvalue weighted by molar-refractivity contribution is 9.10. The zero-order valence-electron chi connectivity index (χ0n) is 14.1. The van der Waals surface area contributed by atoms with Crippen molar-refractivity contribution in [3.8, 4) is 0 Å². The molecule has 0 N–H and O–H groups in total. The first-order valence-electron chi connectivity index (χ1n) is 7.84. The summed E-state index contributed by atoms with van der Waals surface area (Å²) in [6.45, 7) is 0.875. The van der Waals surface area contributed by atoms with Gasteiger partial charge in [0.25, 0.3) is 5.91 Å². The topological polar surface area (TPSA) is 43.6 Å². The molecule has 0 saturated heterocycles. The zero-order chi connectivity index (χ0) is 19.6. The molecule has 0 unspecified atom stereocenters. The lowest BCUT2D eigenvalue weighted by molar-refractivity contribution is -0.137. The van der Waals surface area contributed by atoms with E-state index in [0.717, 1.165) is 26.8 Å². The van der Waals surface area contributed by atoms with Crippen LogP contribution in [0.25, 0.3) is 10.2 Å². The SMILES string of the molecule is COCCn1c(=NC(=O)c2cccc(C(F)(F)F)c2)sc2cc(Br)ccc21. The molecule has 1 heterocycles. The molecule has 142 valence electrons. The van der Waals surface area contributed by atoms with Crippen LogP contribution in [0.1, 0.15) is 15.9 Å². The number of carbonyl (C=O) groups is 1. The second kappa shape index (κ2) is 7.95. The van der Waals surface area contributed by atoms with E-state index in [0.29, 0.717) is 18.0 Å². The molecule has 0 aliphatic rings. The summed E-state index contributed by atoms with van der Waals surface area (Å²) in [6.07, 6.45) is -4.52. The first kappa shape index (κ1) is 19.8. The number of rotatable bonds is 4. The molecule has 3 rings (SSSR count). The number of amides is 1. The number of alkyl halides is 3. The normalized spacial score (nSPS) is 12.7. The summed E-state index contributed by atoms with van der Waals surface area (Å²) in [5.74, 6) is -0.724. The molecule has 0 spiro atoms. The highest BCUT2D eigenvalue weighted by Gasteiger charge is 2.30. The van der Waals surface area contributed by atoms with E-state index >= 15 is 0 Å². The van der Waals surface area contributed by atoms with Crippen LogP contribution in [-0.4, -0.2) is 24.2 Å². The maximum absolute atomic E-state index is 12.9. The lowest BCUT2D eigenvalue weighted by Gasteiger charge is -2.07. The van der Waals surface area contributed by atoms with Crippen LogP contribution in [0.5, 0.6) is 0 Å². The van der Waals surface area contributed by atoms with Gasteiger partial charge >= 0.3 is 6.18 Å². The molecule has 27 heavy (non-hydrogen) atoms. The number of benzene rings is 2. The van der Waals surface area contributed by atoms with E-state index in [-0.39, 0.29) is 5.56 Å². The molecule has 1 amide bonds. The lowest BCUT2D eigenvalue weighted by atomic mass is 10.1. The molecule has 0 bridgehead atoms. The molecule has 0 aliphatic heterocycles. The summed E-state index contributed by atoms with van der Waals surface area (Å²) < 4.78 is 47.3. The van der Waals surface area contributed by atoms with Gasteiger partial charge in [-0.15, -0.1) is 0 Å². The van der Waals surface area contributed by atoms with Crippen molar-refractivity contribution >= 4 is 43.4 Å². The highest BCUT2D eigenvalue weighted by atomic mass is 79.9. The molecule has 0 saturated carbocycles. The van der Waals surface area contributed by atoms with Crippen molar-refractivity contribution in [2.45, 2.75) is 12.7 Å². The maximum atomic E-state index is 12.9. The Labute approximate surface area is 165 Å². The van der Waals surface area contributed by atoms with E-state index in [1.165, 1.54) is 23.5 Å². The lowest BCUT2D eigenvalue weighted by Crippen LogP contribution is -2.19. The van der Waals surface area contributed by atoms with Gasteiger partial charge in [0.15, 0.2) is 4.80 Å². The van der Waals surface area contributed by atoms with Crippen LogP contribution in [0.2, 0.25) is 0 Å². The Balaban J connectivity index is 2.08. The smallest absolute Gasteiger partial charge is 0.383 e. The number of nitrogens with zero attached hydrogens (tertiary/aromatic N) is 2. The summed E-state index contributed by atoms with van der Waals surface area (Å²) >= 11 is 4.69. The monoisotopic (exact) mass is 458 g/mol. The predicted molar refractivity (Wildman–Crippen MR) is 101 cm³/mol. The van der Waals surface area contributed by atoms with Crippen LogP contribution in [0.15, 0.2) is 51.9 Å². The van der Waals surface area contributed by atoms with Gasteiger partial charge in [0.05, 0.1) is 22.4 Å². The molecular formula is C18H14BrF3N2O2S. The Hall–Kier alpha value is -1.97. The molecule has 3 aromatic rings. The Bertz CT molecular complexity index is 1060. The molecule has 2 aromatic carbocycles. The van der Waals surface area contributed by atoms with Crippen molar-refractivity contribution in [3.05, 3.63) is 62.9 Å². The Morgan fingerprint density at radius 1 is 1.26 bits per heavy atom. The molecule has 0 fully saturated rings. The van der Waals surface area contributed by atoms with Gasteiger partial charge in [0.1, 0.15) is 0 Å². The first-order chi connectivity index (χ1) is 12.8. The summed E-state index contributed by atoms with van der Waals surface area (Å²) in [5, 5.41) is 0. The summed E-state index contributed by atoms with van der Waals surface area (Å²) in [7, 11) is 1.57. The number of carbonyl (C=O) groups excluding carboxylic acids is 1. The van der Waals surface area contributed by atoms with E-state index in [9.17, 15) is 18.0 Å². The van der Waals surface area contributed by atoms with Crippen molar-refractivity contribution in [1.82, 2.24) is 4.57 Å². The Morgan fingerprint density at radius 3 is 2.74 bits per heavy atom. The number of thiazole rings is 1. The van der Waals surface area contributed by atoms with E-state index in [1.54, 1.807) is 7.11 Å². The number of methoxy groups -OCH3 is 1. The number of fused-ring (bicyclic) bond motifs is 1. The molecule has 0 atom stereocenters. The number of halogens is 4. The molecule has 4 nitrogen and oxygen atoms in total. The predicted octanol–water partition coefficient (Wildman–Crippen LogP) is 4.87. The van der Waals surface area contributed by atoms with Crippen LogP contribution in [0.3, 0.4) is 0 Å². The third-order valence-electron chi connectivity index (χ3n) is 3.80. The van der Waals surface area contributed by atoms with Gasteiger partial charge in [0.2, 0.25) is 0 Å². The summed E-state index contributed by atoms with van der Waals surface area (Å²) in [4.78, 5) is 17.0. The van der Waals surface area contributed by atoms with Gasteiger partial charge in [-0.25, -0.2) is 0 Å². The molecular weight excluding hydrogens is 445 g/mol. The summed E-state index contributed by atoms with van der Waals surface area (Å²) in [5.41, 5.74) is -0.117. The quantitative estimate of drug-likeness (QED) is 0.559. The Kier molecular flexibility index (Phi) is 5.83. The number of aromatic nitrogens is 1. The van der Waals surface area contributed by atoms with Crippen molar-refractivity contribution < 1.29 is 22.7 Å². The van der Waals surface area contributed by atoms with Crippen LogP contribution < -0.4 is 4.80 Å². The average molecular weight is 459 g/mol. The third kappa shape index (κ3) is 4.48. The van der Waals surface area contributed by atoms with Crippen LogP contribution >= 0.6 is 27.3 Å². The maximum Gasteiger partial charge on any atom is 0.416 e. The van der Waals surface area contributed by atoms with Crippen LogP contribution in [-0.2, 0) is 17.5 Å². The minimum Gasteiger partial charge on any atom is -0.383 e. The zero-order valence-corrected chi connectivity index (χ0v) is 16.5. The van der Waals surface area contributed by atoms with Crippen LogP contribution in [0, 0.1) is 0 Å². The second-order valence-electron chi connectivity index (χ2n) is 5.64. The van der Waals surface area contributed by atoms with Crippen LogP contribution in [0.4, 0.5) is 13.2 Å². The van der Waals surface area contributed by atoms with Gasteiger partial charge in [0, 0.05) is 23.7 Å². The minimum absolute atomic E-state index is 0.109. The number of hydrogen-bond acceptors (Lipinski definition) is 3. The average Bonchev–Trinajstić information content (AvgIpc) is 2.95. The fourth-order valence-corrected chi connectivity index (χ4v) is 4.12. The molecule has 0 aliphatic carbocycles. The summed E-state index contributed by atoms with van der Waals surface area (Å²) in [6, 6.07) is 9.92. The van der Waals surface area contributed by atoms with E-state index < -0.39 is 17.6 Å². The highest BCUT2D eigenvalue weighted by Crippen LogP contribution is 2.29. The van der Waals surface area contributed by atoms with Gasteiger partial charge in [-0.3, -0.25) is 4.79 Å². The largest absolute Gasteiger partial charge is 0.416 e.